The number of hydrogen-bond donors (Lipinski definition) is 1. The highest BCUT2D eigenvalue weighted by Crippen LogP contribution is 2.41. The molecular formula is C15H13BrN2O2. The number of hydrogen-bond acceptors (Lipinski definition) is 4. The van der Waals surface area contributed by atoms with Crippen molar-refractivity contribution in [3.8, 4) is 6.07 Å². The number of nitrogens with two attached hydrogens (primary N) is 1. The van der Waals surface area contributed by atoms with Crippen LogP contribution in [0.3, 0.4) is 0 Å². The van der Waals surface area contributed by atoms with Gasteiger partial charge in [-0.1, -0.05) is 34.1 Å². The molecule has 0 radical (unpaired) electrons. The summed E-state index contributed by atoms with van der Waals surface area (Å²) in [6.45, 7) is 3.14. The second kappa shape index (κ2) is 5.51. The predicted molar refractivity (Wildman–Crippen MR) is 78.2 cm³/mol. The van der Waals surface area contributed by atoms with Crippen LogP contribution in [0.25, 0.3) is 0 Å². The molecule has 0 spiro atoms. The molecule has 0 aliphatic carbocycles. The van der Waals surface area contributed by atoms with Crippen LogP contribution in [0.4, 0.5) is 0 Å². The largest absolute Gasteiger partial charge is 0.445 e. The smallest absolute Gasteiger partial charge is 0.205 e. The molecule has 5 heteroatoms. The fraction of sp³-hybridized carbons (Fsp3) is 0.200. The third kappa shape index (κ3) is 2.35. The number of nitriles is 1. The zero-order valence-electron chi connectivity index (χ0n) is 11.1. The van der Waals surface area contributed by atoms with Crippen LogP contribution in [-0.4, -0.2) is 5.78 Å². The Kier molecular flexibility index (Phi) is 3.96. The number of allylic oxidation sites excluding steroid dienone is 3. The van der Waals surface area contributed by atoms with Gasteiger partial charge < -0.3 is 10.5 Å². The first kappa shape index (κ1) is 14.4. The van der Waals surface area contributed by atoms with Crippen LogP contribution in [0.2, 0.25) is 0 Å². The highest BCUT2D eigenvalue weighted by atomic mass is 79.9. The zero-order chi connectivity index (χ0) is 14.9. The van der Waals surface area contributed by atoms with Crippen molar-refractivity contribution in [2.45, 2.75) is 19.8 Å². The number of rotatable bonds is 2. The molecule has 4 nitrogen and oxygen atoms in total. The van der Waals surface area contributed by atoms with Gasteiger partial charge in [-0.15, -0.1) is 0 Å². The van der Waals surface area contributed by atoms with Gasteiger partial charge in [-0.05, 0) is 25.5 Å². The molecule has 0 bridgehead atoms. The average molecular weight is 333 g/mol. The molecule has 102 valence electrons. The van der Waals surface area contributed by atoms with Gasteiger partial charge in [0.2, 0.25) is 5.88 Å². The lowest BCUT2D eigenvalue weighted by molar-refractivity contribution is -0.114. The lowest BCUT2D eigenvalue weighted by atomic mass is 9.81. The van der Waals surface area contributed by atoms with Crippen molar-refractivity contribution in [3.05, 3.63) is 57.1 Å². The van der Waals surface area contributed by atoms with Crippen molar-refractivity contribution < 1.29 is 9.53 Å². The number of carbonyl (C=O) groups excluding carboxylic acids is 1. The Balaban J connectivity index is 2.71. The second-order valence-electron chi connectivity index (χ2n) is 4.47. The minimum absolute atomic E-state index is 0.0516. The summed E-state index contributed by atoms with van der Waals surface area (Å²) in [5.74, 6) is -0.143. The molecule has 1 heterocycles. The quantitative estimate of drug-likeness (QED) is 0.902. The molecule has 1 aliphatic heterocycles. The Hall–Kier alpha value is -2.06. The van der Waals surface area contributed by atoms with Crippen LogP contribution in [0.5, 0.6) is 0 Å². The second-order valence-corrected chi connectivity index (χ2v) is 5.33. The molecule has 1 aromatic rings. The Labute approximate surface area is 125 Å². The molecule has 0 saturated carbocycles. The van der Waals surface area contributed by atoms with Gasteiger partial charge in [0.1, 0.15) is 17.4 Å². The Morgan fingerprint density at radius 1 is 1.45 bits per heavy atom. The number of nitrogens with zero attached hydrogens (tertiary/aromatic N) is 1. The van der Waals surface area contributed by atoms with Crippen molar-refractivity contribution in [1.82, 2.24) is 0 Å². The summed E-state index contributed by atoms with van der Waals surface area (Å²) >= 11 is 3.46. The summed E-state index contributed by atoms with van der Waals surface area (Å²) in [6, 6.07) is 9.51. The molecule has 2 rings (SSSR count). The van der Waals surface area contributed by atoms with Crippen LogP contribution in [0.15, 0.2) is 51.5 Å². The van der Waals surface area contributed by atoms with Crippen molar-refractivity contribution in [2.24, 2.45) is 5.73 Å². The Morgan fingerprint density at radius 3 is 2.65 bits per heavy atom. The third-order valence-corrected chi connectivity index (χ3v) is 3.92. The lowest BCUT2D eigenvalue weighted by Crippen LogP contribution is -2.23. The molecule has 0 saturated heterocycles. The van der Waals surface area contributed by atoms with E-state index >= 15 is 0 Å². The van der Waals surface area contributed by atoms with Crippen LogP contribution in [0.1, 0.15) is 25.3 Å². The van der Waals surface area contributed by atoms with Gasteiger partial charge in [0.05, 0.1) is 5.92 Å². The van der Waals surface area contributed by atoms with Gasteiger partial charge in [0.15, 0.2) is 5.78 Å². The number of carbonyl (C=O) groups is 1. The number of ketones is 1. The van der Waals surface area contributed by atoms with E-state index in [1.165, 1.54) is 6.92 Å². The maximum absolute atomic E-state index is 11.9. The van der Waals surface area contributed by atoms with Crippen LogP contribution >= 0.6 is 15.9 Å². The molecular weight excluding hydrogens is 320 g/mol. The van der Waals surface area contributed by atoms with E-state index in [1.54, 1.807) is 6.92 Å². The lowest BCUT2D eigenvalue weighted by Gasteiger charge is -2.27. The third-order valence-electron chi connectivity index (χ3n) is 3.20. The van der Waals surface area contributed by atoms with Crippen LogP contribution < -0.4 is 5.73 Å². The van der Waals surface area contributed by atoms with Crippen molar-refractivity contribution in [2.75, 3.05) is 0 Å². The SMILES string of the molecule is CC(=O)C1=C(C)OC(N)=C(C#N)[C@H]1c1ccccc1Br. The minimum atomic E-state index is -0.498. The van der Waals surface area contributed by atoms with Gasteiger partial charge >= 0.3 is 0 Å². The van der Waals surface area contributed by atoms with Gasteiger partial charge in [-0.25, -0.2) is 0 Å². The summed E-state index contributed by atoms with van der Waals surface area (Å²) in [4.78, 5) is 11.9. The Morgan fingerprint density at radius 2 is 2.10 bits per heavy atom. The van der Waals surface area contributed by atoms with Crippen LogP contribution in [0, 0.1) is 11.3 Å². The molecule has 0 unspecified atom stereocenters. The van der Waals surface area contributed by atoms with Gasteiger partial charge in [-0.3, -0.25) is 4.79 Å². The summed E-state index contributed by atoms with van der Waals surface area (Å²) in [5, 5.41) is 9.35. The van der Waals surface area contributed by atoms with E-state index < -0.39 is 5.92 Å². The minimum Gasteiger partial charge on any atom is -0.445 e. The molecule has 1 aromatic carbocycles. The van der Waals surface area contributed by atoms with Gasteiger partial charge in [0.25, 0.3) is 0 Å². The Bertz CT molecular complexity index is 683. The fourth-order valence-electron chi connectivity index (χ4n) is 2.36. The molecule has 0 aromatic heterocycles. The zero-order valence-corrected chi connectivity index (χ0v) is 12.7. The first-order chi connectivity index (χ1) is 9.47. The van der Waals surface area contributed by atoms with E-state index in [0.29, 0.717) is 11.3 Å². The molecule has 20 heavy (non-hydrogen) atoms. The standard InChI is InChI=1S/C15H13BrN2O2/c1-8(19)13-9(2)20-15(18)11(7-17)14(13)10-5-3-4-6-12(10)16/h3-6,14H,18H2,1-2H3/t14-/m1/s1. The molecule has 1 aliphatic rings. The molecule has 2 N–H and O–H groups in total. The normalized spacial score (nSPS) is 18.6. The number of halogens is 1. The molecule has 1 atom stereocenters. The summed E-state index contributed by atoms with van der Waals surface area (Å²) < 4.78 is 6.15. The number of Topliss-reactive ketones (excluding diaryl/α,β-unsaturated/α-hetero) is 1. The predicted octanol–water partition coefficient (Wildman–Crippen LogP) is 3.12. The highest BCUT2D eigenvalue weighted by molar-refractivity contribution is 9.10. The topological polar surface area (TPSA) is 76.1 Å². The van der Waals surface area contributed by atoms with Gasteiger partial charge in [0, 0.05) is 10.0 Å². The first-order valence-corrected chi connectivity index (χ1v) is 6.80. The highest BCUT2D eigenvalue weighted by Gasteiger charge is 2.34. The number of benzene rings is 1. The molecule has 0 fully saturated rings. The maximum Gasteiger partial charge on any atom is 0.205 e. The van der Waals surface area contributed by atoms with Crippen molar-refractivity contribution in [3.63, 3.8) is 0 Å². The molecule has 0 amide bonds. The summed E-state index contributed by atoms with van der Waals surface area (Å²) in [7, 11) is 0. The van der Waals surface area contributed by atoms with E-state index in [0.717, 1.165) is 10.0 Å². The van der Waals surface area contributed by atoms with Gasteiger partial charge in [-0.2, -0.15) is 5.26 Å². The average Bonchev–Trinajstić information content (AvgIpc) is 2.38. The maximum atomic E-state index is 11.9. The first-order valence-electron chi connectivity index (χ1n) is 6.01. The van der Waals surface area contributed by atoms with Crippen molar-refractivity contribution in [1.29, 1.82) is 5.26 Å². The summed E-state index contributed by atoms with van der Waals surface area (Å²) in [6.07, 6.45) is 0. The monoisotopic (exact) mass is 332 g/mol. The van der Waals surface area contributed by atoms with Crippen LogP contribution in [-0.2, 0) is 9.53 Å². The number of ether oxygens (including phenoxy) is 1. The fourth-order valence-corrected chi connectivity index (χ4v) is 2.87. The van der Waals surface area contributed by atoms with E-state index in [9.17, 15) is 10.1 Å². The summed E-state index contributed by atoms with van der Waals surface area (Å²) in [5.41, 5.74) is 7.33. The van der Waals surface area contributed by atoms with E-state index in [-0.39, 0.29) is 17.2 Å². The van der Waals surface area contributed by atoms with E-state index in [1.807, 2.05) is 24.3 Å². The van der Waals surface area contributed by atoms with E-state index in [4.69, 9.17) is 10.5 Å². The van der Waals surface area contributed by atoms with Crippen molar-refractivity contribution >= 4 is 21.7 Å². The van der Waals surface area contributed by atoms with E-state index in [2.05, 4.69) is 22.0 Å².